The van der Waals surface area contributed by atoms with Gasteiger partial charge in [0.1, 0.15) is 30.5 Å². The van der Waals surface area contributed by atoms with Crippen molar-refractivity contribution in [2.75, 3.05) is 35.4 Å². The van der Waals surface area contributed by atoms with E-state index in [1.165, 1.54) is 0 Å². The number of methoxy groups -OCH3 is 3. The second-order valence-corrected chi connectivity index (χ2v) is 16.9. The Morgan fingerprint density at radius 3 is 2.20 bits per heavy atom. The van der Waals surface area contributed by atoms with Crippen LogP contribution in [-0.4, -0.2) is 137 Å². The van der Waals surface area contributed by atoms with Crippen molar-refractivity contribution in [2.45, 2.75) is 159 Å². The van der Waals surface area contributed by atoms with Crippen LogP contribution in [-0.2, 0) is 52.3 Å². The van der Waals surface area contributed by atoms with E-state index in [0.717, 1.165) is 19.3 Å². The number of aliphatic hydroxyl groups is 1. The summed E-state index contributed by atoms with van der Waals surface area (Å²) in [5, 5.41) is 11.6. The Morgan fingerprint density at radius 1 is 0.852 bits per heavy atom. The highest BCUT2D eigenvalue weighted by Crippen LogP contribution is 2.56. The van der Waals surface area contributed by atoms with Gasteiger partial charge in [-0.1, -0.05) is 19.9 Å². The fraction of sp³-hybridized carbons (Fsp3) is 0.878. The van der Waals surface area contributed by atoms with Gasteiger partial charge >= 0.3 is 5.97 Å². The number of hydrogen-bond donors (Lipinski definition) is 1. The zero-order valence-corrected chi connectivity index (χ0v) is 33.7. The molecular weight excluding hydrogens is 698 g/mol. The van der Waals surface area contributed by atoms with Crippen molar-refractivity contribution in [1.29, 1.82) is 0 Å². The highest BCUT2D eigenvalue weighted by atomic mass is 16.7. The summed E-state index contributed by atoms with van der Waals surface area (Å²) in [7, 11) is 8.91. The van der Waals surface area contributed by atoms with E-state index >= 15 is 0 Å². The van der Waals surface area contributed by atoms with Crippen LogP contribution in [0.5, 0.6) is 0 Å². The summed E-state index contributed by atoms with van der Waals surface area (Å²) in [6, 6.07) is 0.288. The molecule has 6 aliphatic rings. The van der Waals surface area contributed by atoms with Crippen LogP contribution in [0, 0.1) is 35.5 Å². The maximum absolute atomic E-state index is 14.7. The molecule has 0 spiro atoms. The number of carbonyl (C=O) groups is 3. The van der Waals surface area contributed by atoms with Crippen LogP contribution < -0.4 is 0 Å². The number of allylic oxidation sites excluding steroid dienone is 2. The summed E-state index contributed by atoms with van der Waals surface area (Å²) in [6.45, 7) is 7.87. The third-order valence-corrected chi connectivity index (χ3v) is 13.6. The molecule has 0 radical (unpaired) electrons. The quantitative estimate of drug-likeness (QED) is 0.340. The minimum Gasteiger partial charge on any atom is -0.462 e. The first-order chi connectivity index (χ1) is 25.8. The van der Waals surface area contributed by atoms with Gasteiger partial charge in [-0.2, -0.15) is 0 Å². The third-order valence-electron chi connectivity index (χ3n) is 13.6. The zero-order valence-electron chi connectivity index (χ0n) is 33.7. The van der Waals surface area contributed by atoms with Crippen LogP contribution in [0.3, 0.4) is 0 Å². The second-order valence-electron chi connectivity index (χ2n) is 16.9. The van der Waals surface area contributed by atoms with E-state index in [4.69, 9.17) is 37.9 Å². The molecule has 0 aromatic carbocycles. The number of rotatable bonds is 9. The molecule has 306 valence electrons. The van der Waals surface area contributed by atoms with Crippen molar-refractivity contribution in [3.63, 3.8) is 0 Å². The summed E-state index contributed by atoms with van der Waals surface area (Å²) in [5.41, 5.74) is 0.477. The molecule has 0 aromatic heterocycles. The lowest BCUT2D eigenvalue weighted by Gasteiger charge is -2.44. The van der Waals surface area contributed by atoms with Crippen molar-refractivity contribution < 1.29 is 57.4 Å². The lowest BCUT2D eigenvalue weighted by molar-refractivity contribution is -0.314. The van der Waals surface area contributed by atoms with Crippen LogP contribution in [0.4, 0.5) is 0 Å². The Bertz CT molecular complexity index is 1360. The van der Waals surface area contributed by atoms with Gasteiger partial charge in [-0.3, -0.25) is 14.4 Å². The number of aliphatic hydroxyl groups excluding tert-OH is 1. The average Bonchev–Trinajstić information content (AvgIpc) is 3.73. The predicted molar refractivity (Wildman–Crippen MR) is 196 cm³/mol. The van der Waals surface area contributed by atoms with Gasteiger partial charge in [-0.25, -0.2) is 0 Å². The Morgan fingerprint density at radius 2 is 1.56 bits per heavy atom. The van der Waals surface area contributed by atoms with E-state index in [0.29, 0.717) is 37.7 Å². The van der Waals surface area contributed by atoms with Crippen molar-refractivity contribution >= 4 is 17.5 Å². The lowest BCUT2D eigenvalue weighted by atomic mass is 9.64. The Hall–Kier alpha value is -1.81. The molecule has 18 atom stereocenters. The van der Waals surface area contributed by atoms with E-state index in [1.807, 2.05) is 26.8 Å². The van der Waals surface area contributed by atoms with Gasteiger partial charge in [0, 0.05) is 45.1 Å². The van der Waals surface area contributed by atoms with Gasteiger partial charge in [0.05, 0.1) is 30.8 Å². The number of Topliss-reactive ketones (excluding diaryl/α,β-unsaturated/α-hetero) is 2. The number of ether oxygens (including phenoxy) is 8. The van der Waals surface area contributed by atoms with Crippen LogP contribution in [0.1, 0.15) is 85.5 Å². The molecule has 2 saturated carbocycles. The molecule has 13 nitrogen and oxygen atoms in total. The number of likely N-dealkylation sites (N-methyl/N-ethyl adjacent to an activating group) is 1. The SMILES string of the molecule is CC[C@H]1CCC[C@H](O[C@H]2CC[C@H](N(C)C)C(C)O2)[C@@H](C)C(=O)C2=C[C@H]3[C@@H]4C[C@H](O[C@@H]5OC(C)[C@H](OC)C(OC)[C@@H]5OC)C[C@H]4[C@@H](O)C(=O)[C@H]3[C@@H]2CC(=O)O1. The Kier molecular flexibility index (Phi) is 13.8. The Balaban J connectivity index is 1.25. The first kappa shape index (κ1) is 41.8. The molecule has 3 unspecified atom stereocenters. The molecule has 6 rings (SSSR count). The summed E-state index contributed by atoms with van der Waals surface area (Å²) in [4.78, 5) is 44.6. The van der Waals surface area contributed by atoms with Crippen molar-refractivity contribution in [1.82, 2.24) is 4.90 Å². The normalized spacial score (nSPS) is 46.2. The first-order valence-electron chi connectivity index (χ1n) is 20.3. The molecule has 0 amide bonds. The molecule has 3 heterocycles. The highest BCUT2D eigenvalue weighted by Gasteiger charge is 2.59. The van der Waals surface area contributed by atoms with Gasteiger partial charge in [0.2, 0.25) is 0 Å². The third kappa shape index (κ3) is 8.27. The number of cyclic esters (lactones) is 1. The average molecular weight is 764 g/mol. The van der Waals surface area contributed by atoms with Crippen molar-refractivity contribution in [3.8, 4) is 0 Å². The molecule has 5 fully saturated rings. The largest absolute Gasteiger partial charge is 0.462 e. The van der Waals surface area contributed by atoms with E-state index in [-0.39, 0.29) is 72.3 Å². The monoisotopic (exact) mass is 763 g/mol. The van der Waals surface area contributed by atoms with E-state index in [1.54, 1.807) is 21.3 Å². The minimum atomic E-state index is -1.24. The maximum atomic E-state index is 14.7. The molecule has 13 heteroatoms. The summed E-state index contributed by atoms with van der Waals surface area (Å²) < 4.78 is 49.1. The van der Waals surface area contributed by atoms with Crippen LogP contribution in [0.25, 0.3) is 0 Å². The highest BCUT2D eigenvalue weighted by molar-refractivity contribution is 6.01. The maximum Gasteiger partial charge on any atom is 0.306 e. The number of fused-ring (bicyclic) bond motifs is 5. The molecular formula is C41H65NO12. The molecule has 3 aliphatic carbocycles. The topological polar surface area (TPSA) is 149 Å². The van der Waals surface area contributed by atoms with Crippen LogP contribution in [0.15, 0.2) is 11.6 Å². The Labute approximate surface area is 321 Å². The first-order valence-corrected chi connectivity index (χ1v) is 20.3. The molecule has 54 heavy (non-hydrogen) atoms. The van der Waals surface area contributed by atoms with Gasteiger partial charge < -0.3 is 47.9 Å². The minimum absolute atomic E-state index is 0.0216. The van der Waals surface area contributed by atoms with Gasteiger partial charge in [0.25, 0.3) is 0 Å². The van der Waals surface area contributed by atoms with E-state index < -0.39 is 60.7 Å². The number of esters is 1. The number of hydrogen-bond acceptors (Lipinski definition) is 13. The van der Waals surface area contributed by atoms with Crippen molar-refractivity contribution in [3.05, 3.63) is 11.6 Å². The van der Waals surface area contributed by atoms with Gasteiger partial charge in [-0.05, 0) is 103 Å². The summed E-state index contributed by atoms with van der Waals surface area (Å²) >= 11 is 0. The summed E-state index contributed by atoms with van der Waals surface area (Å²) in [6.07, 6.45) is 1.99. The summed E-state index contributed by atoms with van der Waals surface area (Å²) in [5.74, 6) is -3.66. The molecule has 3 aliphatic heterocycles. The fourth-order valence-electron chi connectivity index (χ4n) is 10.8. The standard InChI is InChI=1S/C41H65NO12/c1-10-23-12-11-13-31(54-33-15-14-30(42(5)6)21(3)50-33)20(2)35(44)29-18-26-25-16-24(53-41-40(49-9)39(48-8)38(47-7)22(4)51-41)17-28(25)36(45)37(46)34(26)27(29)19-32(43)52-23/h18,20-28,30-31,33-34,36,38-41,45H,10-17,19H2,1-9H3/t20-,21?,22?,23+,24+,25+,26+,27-,28-,30+,31+,33+,34-,36-,38+,39?,40+,41+/m1/s1. The molecule has 0 bridgehead atoms. The van der Waals surface area contributed by atoms with E-state index in [9.17, 15) is 19.5 Å². The molecule has 0 aromatic rings. The van der Waals surface area contributed by atoms with E-state index in [2.05, 4.69) is 25.9 Å². The van der Waals surface area contributed by atoms with Crippen molar-refractivity contribution in [2.24, 2.45) is 35.5 Å². The predicted octanol–water partition coefficient (Wildman–Crippen LogP) is 3.86. The van der Waals surface area contributed by atoms with Gasteiger partial charge in [0.15, 0.2) is 24.1 Å². The smallest absolute Gasteiger partial charge is 0.306 e. The number of carbonyl (C=O) groups excluding carboxylic acids is 3. The fourth-order valence-corrected chi connectivity index (χ4v) is 10.8. The second kappa shape index (κ2) is 17.8. The van der Waals surface area contributed by atoms with Crippen LogP contribution in [0.2, 0.25) is 0 Å². The van der Waals surface area contributed by atoms with Crippen LogP contribution >= 0.6 is 0 Å². The molecule has 1 N–H and O–H groups in total. The van der Waals surface area contributed by atoms with Gasteiger partial charge in [-0.15, -0.1) is 0 Å². The number of nitrogens with zero attached hydrogens (tertiary/aromatic N) is 1. The number of ketones is 2. The molecule has 3 saturated heterocycles. The zero-order chi connectivity index (χ0) is 39.0. The lowest BCUT2D eigenvalue weighted by Crippen LogP contribution is -2.59.